The third kappa shape index (κ3) is 2.63. The van der Waals surface area contributed by atoms with Crippen molar-refractivity contribution < 1.29 is 0 Å². The van der Waals surface area contributed by atoms with Crippen LogP contribution in [0.2, 0.25) is 0 Å². The molecule has 1 heteroatoms. The number of allylic oxidation sites excluding steroid dienone is 1. The van der Waals surface area contributed by atoms with Crippen molar-refractivity contribution in [3.8, 4) is 0 Å². The van der Waals surface area contributed by atoms with Gasteiger partial charge in [-0.05, 0) is 37.5 Å². The normalized spacial score (nSPS) is 11.5. The smallest absolute Gasteiger partial charge is 0.0370 e. The maximum absolute atomic E-state index is 3.36. The van der Waals surface area contributed by atoms with Crippen LogP contribution in [-0.4, -0.2) is 6.54 Å². The zero-order valence-corrected chi connectivity index (χ0v) is 9.30. The summed E-state index contributed by atoms with van der Waals surface area (Å²) in [6, 6.07) is 8.69. The van der Waals surface area contributed by atoms with Crippen molar-refractivity contribution in [1.82, 2.24) is 5.32 Å². The standard InChI is InChI=1S/C13H19N/c1-4-11-8-7-9-12(10-11)13(5-2)14-6-3/h5,7-10,14H,4,6H2,1-3H3/b13-5-. The SMILES string of the molecule is C/C=C(\NCC)c1cccc(CC)c1. The number of hydrogen-bond acceptors (Lipinski definition) is 1. The molecule has 1 aromatic carbocycles. The van der Waals surface area contributed by atoms with Crippen LogP contribution in [-0.2, 0) is 6.42 Å². The highest BCUT2D eigenvalue weighted by atomic mass is 14.9. The van der Waals surface area contributed by atoms with Crippen LogP contribution in [0.5, 0.6) is 0 Å². The van der Waals surface area contributed by atoms with Crippen molar-refractivity contribution >= 4 is 5.70 Å². The molecular weight excluding hydrogens is 170 g/mol. The molecule has 76 valence electrons. The Kier molecular flexibility index (Phi) is 4.24. The first kappa shape index (κ1) is 10.8. The molecule has 1 aromatic rings. The molecule has 1 N–H and O–H groups in total. The summed E-state index contributed by atoms with van der Waals surface area (Å²) in [6.07, 6.45) is 3.22. The van der Waals surface area contributed by atoms with Crippen LogP contribution in [0, 0.1) is 0 Å². The lowest BCUT2D eigenvalue weighted by Gasteiger charge is -2.09. The lowest BCUT2D eigenvalue weighted by atomic mass is 10.1. The van der Waals surface area contributed by atoms with Gasteiger partial charge < -0.3 is 5.32 Å². The highest BCUT2D eigenvalue weighted by Gasteiger charge is 1.98. The predicted molar refractivity (Wildman–Crippen MR) is 63.1 cm³/mol. The molecule has 0 heterocycles. The van der Waals surface area contributed by atoms with Crippen molar-refractivity contribution in [3.05, 3.63) is 41.5 Å². The molecule has 0 amide bonds. The average Bonchev–Trinajstić information content (AvgIpc) is 2.26. The Balaban J connectivity index is 2.93. The van der Waals surface area contributed by atoms with Gasteiger partial charge in [-0.25, -0.2) is 0 Å². The van der Waals surface area contributed by atoms with Crippen LogP contribution in [0.1, 0.15) is 31.9 Å². The molecule has 0 spiro atoms. The van der Waals surface area contributed by atoms with Crippen LogP contribution in [0.25, 0.3) is 5.70 Å². The maximum atomic E-state index is 3.36. The molecule has 0 saturated heterocycles. The van der Waals surface area contributed by atoms with Crippen LogP contribution >= 0.6 is 0 Å². The second-order valence-electron chi connectivity index (χ2n) is 3.29. The van der Waals surface area contributed by atoms with Crippen LogP contribution in [0.15, 0.2) is 30.3 Å². The van der Waals surface area contributed by atoms with Gasteiger partial charge in [-0.15, -0.1) is 0 Å². The van der Waals surface area contributed by atoms with Gasteiger partial charge in [0.1, 0.15) is 0 Å². The molecule has 0 radical (unpaired) electrons. The first-order valence-corrected chi connectivity index (χ1v) is 5.31. The van der Waals surface area contributed by atoms with E-state index in [1.54, 1.807) is 0 Å². The molecule has 14 heavy (non-hydrogen) atoms. The molecule has 0 aliphatic rings. The third-order valence-corrected chi connectivity index (χ3v) is 2.30. The van der Waals surface area contributed by atoms with Crippen LogP contribution in [0.4, 0.5) is 0 Å². The van der Waals surface area contributed by atoms with E-state index in [1.165, 1.54) is 16.8 Å². The zero-order chi connectivity index (χ0) is 10.4. The summed E-state index contributed by atoms with van der Waals surface area (Å²) in [5.74, 6) is 0. The van der Waals surface area contributed by atoms with Gasteiger partial charge in [-0.3, -0.25) is 0 Å². The monoisotopic (exact) mass is 189 g/mol. The Morgan fingerprint density at radius 3 is 2.71 bits per heavy atom. The molecule has 0 aromatic heterocycles. The summed E-state index contributed by atoms with van der Waals surface area (Å²) < 4.78 is 0. The minimum Gasteiger partial charge on any atom is -0.385 e. The molecule has 0 aliphatic heterocycles. The minimum atomic E-state index is 0.968. The van der Waals surface area contributed by atoms with Gasteiger partial charge in [0, 0.05) is 12.2 Å². The Labute approximate surface area is 86.8 Å². The van der Waals surface area contributed by atoms with E-state index in [4.69, 9.17) is 0 Å². The summed E-state index contributed by atoms with van der Waals surface area (Å²) in [4.78, 5) is 0. The van der Waals surface area contributed by atoms with E-state index >= 15 is 0 Å². The Morgan fingerprint density at radius 1 is 1.36 bits per heavy atom. The molecule has 1 rings (SSSR count). The van der Waals surface area contributed by atoms with Gasteiger partial charge in [-0.2, -0.15) is 0 Å². The highest BCUT2D eigenvalue weighted by molar-refractivity contribution is 5.64. The average molecular weight is 189 g/mol. The maximum Gasteiger partial charge on any atom is 0.0370 e. The second kappa shape index (κ2) is 5.48. The lowest BCUT2D eigenvalue weighted by molar-refractivity contribution is 0.937. The van der Waals surface area contributed by atoms with Crippen molar-refractivity contribution in [3.63, 3.8) is 0 Å². The van der Waals surface area contributed by atoms with E-state index in [0.717, 1.165) is 13.0 Å². The van der Waals surface area contributed by atoms with Gasteiger partial charge in [0.05, 0.1) is 0 Å². The van der Waals surface area contributed by atoms with Crippen molar-refractivity contribution in [2.24, 2.45) is 0 Å². The van der Waals surface area contributed by atoms with Crippen molar-refractivity contribution in [1.29, 1.82) is 0 Å². The second-order valence-corrected chi connectivity index (χ2v) is 3.29. The fourth-order valence-electron chi connectivity index (χ4n) is 1.52. The van der Waals surface area contributed by atoms with E-state index in [-0.39, 0.29) is 0 Å². The molecule has 1 nitrogen and oxygen atoms in total. The summed E-state index contributed by atoms with van der Waals surface area (Å²) in [5, 5.41) is 3.36. The van der Waals surface area contributed by atoms with Gasteiger partial charge >= 0.3 is 0 Å². The molecule has 0 saturated carbocycles. The summed E-state index contributed by atoms with van der Waals surface area (Å²) in [6.45, 7) is 7.33. The quantitative estimate of drug-likeness (QED) is 0.767. The largest absolute Gasteiger partial charge is 0.385 e. The van der Waals surface area contributed by atoms with Gasteiger partial charge in [-0.1, -0.05) is 31.2 Å². The number of benzene rings is 1. The molecule has 0 fully saturated rings. The summed E-state index contributed by atoms with van der Waals surface area (Å²) in [5.41, 5.74) is 3.90. The Bertz CT molecular complexity index is 313. The van der Waals surface area contributed by atoms with E-state index in [1.807, 2.05) is 0 Å². The summed E-state index contributed by atoms with van der Waals surface area (Å²) >= 11 is 0. The van der Waals surface area contributed by atoms with Gasteiger partial charge in [0.25, 0.3) is 0 Å². The fourth-order valence-corrected chi connectivity index (χ4v) is 1.52. The molecular formula is C13H19N. The van der Waals surface area contributed by atoms with E-state index in [0.29, 0.717) is 0 Å². The van der Waals surface area contributed by atoms with Gasteiger partial charge in [0.15, 0.2) is 0 Å². The zero-order valence-electron chi connectivity index (χ0n) is 9.30. The summed E-state index contributed by atoms with van der Waals surface area (Å²) in [7, 11) is 0. The predicted octanol–water partition coefficient (Wildman–Crippen LogP) is 3.22. The van der Waals surface area contributed by atoms with Crippen LogP contribution in [0.3, 0.4) is 0 Å². The third-order valence-electron chi connectivity index (χ3n) is 2.30. The van der Waals surface area contributed by atoms with E-state index in [2.05, 4.69) is 56.4 Å². The van der Waals surface area contributed by atoms with Gasteiger partial charge in [0.2, 0.25) is 0 Å². The first-order valence-electron chi connectivity index (χ1n) is 5.31. The van der Waals surface area contributed by atoms with Crippen LogP contribution < -0.4 is 5.32 Å². The fraction of sp³-hybridized carbons (Fsp3) is 0.385. The molecule has 0 bridgehead atoms. The highest BCUT2D eigenvalue weighted by Crippen LogP contribution is 2.13. The Hall–Kier alpha value is -1.24. The van der Waals surface area contributed by atoms with E-state index in [9.17, 15) is 0 Å². The number of nitrogens with one attached hydrogen (secondary N) is 1. The number of hydrogen-bond donors (Lipinski definition) is 1. The first-order chi connectivity index (χ1) is 6.81. The van der Waals surface area contributed by atoms with Crippen molar-refractivity contribution in [2.75, 3.05) is 6.54 Å². The minimum absolute atomic E-state index is 0.968. The molecule has 0 unspecified atom stereocenters. The molecule has 0 aliphatic carbocycles. The number of aryl methyl sites for hydroxylation is 1. The topological polar surface area (TPSA) is 12.0 Å². The number of rotatable bonds is 4. The molecule has 0 atom stereocenters. The lowest BCUT2D eigenvalue weighted by Crippen LogP contribution is -2.10. The Morgan fingerprint density at radius 2 is 2.14 bits per heavy atom. The van der Waals surface area contributed by atoms with E-state index < -0.39 is 0 Å². The van der Waals surface area contributed by atoms with Crippen molar-refractivity contribution in [2.45, 2.75) is 27.2 Å².